The molecule has 0 saturated heterocycles. The first-order chi connectivity index (χ1) is 8.15. The van der Waals surface area contributed by atoms with Crippen LogP contribution in [0.5, 0.6) is 5.75 Å². The number of H-pyrrole nitrogens is 1. The molecule has 1 heterocycles. The fraction of sp³-hybridized carbons (Fsp3) is 0.308. The van der Waals surface area contributed by atoms with Gasteiger partial charge in [0.1, 0.15) is 5.75 Å². The third kappa shape index (κ3) is 2.11. The maximum Gasteiger partial charge on any atom is 0.200 e. The van der Waals surface area contributed by atoms with E-state index in [-0.39, 0.29) is 0 Å². The van der Waals surface area contributed by atoms with Gasteiger partial charge in [0.15, 0.2) is 5.95 Å². The zero-order chi connectivity index (χ0) is 12.4. The van der Waals surface area contributed by atoms with Crippen LogP contribution in [-0.2, 0) is 0 Å². The highest BCUT2D eigenvalue weighted by Gasteiger charge is 2.12. The molecule has 0 saturated carbocycles. The topological polar surface area (TPSA) is 49.9 Å². The van der Waals surface area contributed by atoms with Crippen LogP contribution < -0.4 is 10.1 Å². The molecule has 0 aliphatic rings. The molecule has 2 aromatic rings. The van der Waals surface area contributed by atoms with E-state index in [0.29, 0.717) is 0 Å². The van der Waals surface area contributed by atoms with E-state index in [0.717, 1.165) is 23.0 Å². The Morgan fingerprint density at radius 1 is 1.29 bits per heavy atom. The highest BCUT2D eigenvalue weighted by molar-refractivity contribution is 5.72. The molecule has 0 radical (unpaired) electrons. The number of methoxy groups -OCH3 is 1. The van der Waals surface area contributed by atoms with E-state index in [1.165, 1.54) is 11.1 Å². The first-order valence-electron chi connectivity index (χ1n) is 5.54. The number of benzene rings is 1. The minimum Gasteiger partial charge on any atom is -0.496 e. The number of hydrogen-bond donors (Lipinski definition) is 2. The van der Waals surface area contributed by atoms with Crippen molar-refractivity contribution in [2.45, 2.75) is 13.8 Å². The third-order valence-electron chi connectivity index (χ3n) is 2.75. The Morgan fingerprint density at radius 2 is 2.06 bits per heavy atom. The number of nitrogens with zero attached hydrogens (tertiary/aromatic N) is 1. The van der Waals surface area contributed by atoms with Crippen LogP contribution in [0.25, 0.3) is 11.3 Å². The van der Waals surface area contributed by atoms with E-state index in [9.17, 15) is 0 Å². The molecule has 2 N–H and O–H groups in total. The van der Waals surface area contributed by atoms with E-state index in [1.54, 1.807) is 7.11 Å². The fourth-order valence-corrected chi connectivity index (χ4v) is 2.01. The number of ether oxygens (including phenoxy) is 1. The summed E-state index contributed by atoms with van der Waals surface area (Å²) < 4.78 is 5.44. The monoisotopic (exact) mass is 231 g/mol. The molecule has 1 aromatic carbocycles. The first kappa shape index (κ1) is 11.5. The normalized spacial score (nSPS) is 10.4. The molecule has 0 atom stereocenters. The summed E-state index contributed by atoms with van der Waals surface area (Å²) in [5, 5.41) is 2.98. The highest BCUT2D eigenvalue weighted by atomic mass is 16.5. The summed E-state index contributed by atoms with van der Waals surface area (Å²) in [7, 11) is 3.52. The molecule has 0 aliphatic heterocycles. The zero-order valence-electron chi connectivity index (χ0n) is 10.6. The highest BCUT2D eigenvalue weighted by Crippen LogP contribution is 2.33. The Balaban J connectivity index is 2.57. The molecule has 0 spiro atoms. The molecule has 0 aliphatic carbocycles. The molecular weight excluding hydrogens is 214 g/mol. The quantitative estimate of drug-likeness (QED) is 0.854. The lowest BCUT2D eigenvalue weighted by Gasteiger charge is -2.11. The van der Waals surface area contributed by atoms with Crippen molar-refractivity contribution in [2.75, 3.05) is 19.5 Å². The number of aromatic amines is 1. The predicted octanol–water partition coefficient (Wildman–Crippen LogP) is 2.74. The lowest BCUT2D eigenvalue weighted by atomic mass is 10.0. The molecule has 0 amide bonds. The Morgan fingerprint density at radius 3 is 2.65 bits per heavy atom. The minimum atomic E-state index is 0.752. The number of aryl methyl sites for hydroxylation is 2. The number of imidazole rings is 1. The molecule has 2 rings (SSSR count). The van der Waals surface area contributed by atoms with Gasteiger partial charge in [0.05, 0.1) is 19.0 Å². The maximum absolute atomic E-state index is 5.44. The largest absolute Gasteiger partial charge is 0.496 e. The predicted molar refractivity (Wildman–Crippen MR) is 69.6 cm³/mol. The molecule has 1 aromatic heterocycles. The number of hydrogen-bond acceptors (Lipinski definition) is 3. The van der Waals surface area contributed by atoms with Crippen molar-refractivity contribution in [3.63, 3.8) is 0 Å². The van der Waals surface area contributed by atoms with E-state index in [2.05, 4.69) is 35.2 Å². The van der Waals surface area contributed by atoms with Crippen molar-refractivity contribution in [3.05, 3.63) is 29.5 Å². The van der Waals surface area contributed by atoms with Crippen molar-refractivity contribution in [1.82, 2.24) is 9.97 Å². The van der Waals surface area contributed by atoms with Crippen molar-refractivity contribution >= 4 is 5.95 Å². The van der Waals surface area contributed by atoms with Gasteiger partial charge >= 0.3 is 0 Å². The van der Waals surface area contributed by atoms with Gasteiger partial charge in [0.2, 0.25) is 0 Å². The van der Waals surface area contributed by atoms with Gasteiger partial charge in [0, 0.05) is 12.6 Å². The Hall–Kier alpha value is -1.97. The Kier molecular flexibility index (Phi) is 3.04. The van der Waals surface area contributed by atoms with Gasteiger partial charge in [-0.3, -0.25) is 0 Å². The minimum absolute atomic E-state index is 0.752. The summed E-state index contributed by atoms with van der Waals surface area (Å²) in [6, 6.07) is 4.17. The van der Waals surface area contributed by atoms with Gasteiger partial charge in [0.25, 0.3) is 0 Å². The van der Waals surface area contributed by atoms with E-state index in [1.807, 2.05) is 19.3 Å². The molecule has 0 bridgehead atoms. The summed E-state index contributed by atoms with van der Waals surface area (Å²) in [5.41, 5.74) is 4.39. The summed E-state index contributed by atoms with van der Waals surface area (Å²) in [6.45, 7) is 4.13. The van der Waals surface area contributed by atoms with Crippen LogP contribution in [0.15, 0.2) is 18.3 Å². The fourth-order valence-electron chi connectivity index (χ4n) is 2.01. The molecule has 0 fully saturated rings. The van der Waals surface area contributed by atoms with E-state index < -0.39 is 0 Å². The first-order valence-corrected chi connectivity index (χ1v) is 5.54. The molecule has 90 valence electrons. The third-order valence-corrected chi connectivity index (χ3v) is 2.75. The van der Waals surface area contributed by atoms with Crippen LogP contribution in [-0.4, -0.2) is 24.1 Å². The van der Waals surface area contributed by atoms with Gasteiger partial charge in [-0.2, -0.15) is 0 Å². The summed E-state index contributed by atoms with van der Waals surface area (Å²) in [4.78, 5) is 7.44. The van der Waals surface area contributed by atoms with Crippen molar-refractivity contribution in [2.24, 2.45) is 0 Å². The Bertz CT molecular complexity index is 531. The van der Waals surface area contributed by atoms with Crippen LogP contribution in [0.3, 0.4) is 0 Å². The summed E-state index contributed by atoms with van der Waals surface area (Å²) in [5.74, 6) is 1.62. The number of nitrogens with one attached hydrogen (secondary N) is 2. The van der Waals surface area contributed by atoms with Gasteiger partial charge in [-0.15, -0.1) is 0 Å². The summed E-state index contributed by atoms with van der Waals surface area (Å²) in [6.07, 6.45) is 1.81. The van der Waals surface area contributed by atoms with E-state index >= 15 is 0 Å². The van der Waals surface area contributed by atoms with Gasteiger partial charge < -0.3 is 15.0 Å². The number of anilines is 1. The number of aromatic nitrogens is 2. The maximum atomic E-state index is 5.44. The average Bonchev–Trinajstić information content (AvgIpc) is 2.76. The molecule has 4 heteroatoms. The van der Waals surface area contributed by atoms with Crippen LogP contribution in [0.1, 0.15) is 11.1 Å². The van der Waals surface area contributed by atoms with Crippen molar-refractivity contribution in [3.8, 4) is 17.0 Å². The van der Waals surface area contributed by atoms with Gasteiger partial charge in [-0.25, -0.2) is 4.98 Å². The second-order valence-electron chi connectivity index (χ2n) is 4.05. The standard InChI is InChI=1S/C13H17N3O/c1-8-5-9(2)12(11(6-8)17-4)10-7-15-13(14-3)16-10/h5-7H,1-4H3,(H2,14,15,16). The molecular formula is C13H17N3O. The molecule has 17 heavy (non-hydrogen) atoms. The molecule has 4 nitrogen and oxygen atoms in total. The van der Waals surface area contributed by atoms with Crippen LogP contribution >= 0.6 is 0 Å². The van der Waals surface area contributed by atoms with Gasteiger partial charge in [-0.05, 0) is 31.0 Å². The lowest BCUT2D eigenvalue weighted by molar-refractivity contribution is 0.415. The van der Waals surface area contributed by atoms with E-state index in [4.69, 9.17) is 4.74 Å². The Labute approximate surface area is 101 Å². The second-order valence-corrected chi connectivity index (χ2v) is 4.05. The van der Waals surface area contributed by atoms with Gasteiger partial charge in [-0.1, -0.05) is 6.07 Å². The zero-order valence-corrected chi connectivity index (χ0v) is 10.6. The molecule has 0 unspecified atom stereocenters. The lowest BCUT2D eigenvalue weighted by Crippen LogP contribution is -1.93. The average molecular weight is 231 g/mol. The smallest absolute Gasteiger partial charge is 0.200 e. The SMILES string of the molecule is CNc1ncc(-c2c(C)cc(C)cc2OC)[nH]1. The van der Waals surface area contributed by atoms with Crippen LogP contribution in [0.2, 0.25) is 0 Å². The van der Waals surface area contributed by atoms with Crippen LogP contribution in [0, 0.1) is 13.8 Å². The number of rotatable bonds is 3. The second kappa shape index (κ2) is 4.49. The van der Waals surface area contributed by atoms with Crippen LogP contribution in [0.4, 0.5) is 5.95 Å². The summed E-state index contributed by atoms with van der Waals surface area (Å²) >= 11 is 0. The van der Waals surface area contributed by atoms with Crippen molar-refractivity contribution < 1.29 is 4.74 Å². The van der Waals surface area contributed by atoms with Crippen molar-refractivity contribution in [1.29, 1.82) is 0 Å².